The quantitative estimate of drug-likeness (QED) is 0.565. The van der Waals surface area contributed by atoms with Crippen LogP contribution in [-0.2, 0) is 11.3 Å². The number of carbonyl (C=O) groups excluding carboxylic acids is 2. The number of piperazine rings is 1. The highest BCUT2D eigenvalue weighted by Crippen LogP contribution is 2.25. The second-order valence-corrected chi connectivity index (χ2v) is 8.65. The average Bonchev–Trinajstić information content (AvgIpc) is 3.27. The van der Waals surface area contributed by atoms with E-state index in [1.54, 1.807) is 37.2 Å². The van der Waals surface area contributed by atoms with E-state index in [0.717, 1.165) is 22.8 Å². The normalized spacial score (nSPS) is 15.8. The zero-order valence-corrected chi connectivity index (χ0v) is 20.1. The molecule has 2 aromatic carbocycles. The Labute approximate surface area is 200 Å². The fourth-order valence-electron chi connectivity index (χ4n) is 4.34. The van der Waals surface area contributed by atoms with Gasteiger partial charge < -0.3 is 24.0 Å². The van der Waals surface area contributed by atoms with Crippen LogP contribution in [0.5, 0.6) is 5.75 Å². The van der Waals surface area contributed by atoms with Gasteiger partial charge in [0.25, 0.3) is 5.91 Å². The molecule has 0 aliphatic carbocycles. The number of likely N-dealkylation sites (N-methyl/N-ethyl adjacent to an activating group) is 1. The van der Waals surface area contributed by atoms with E-state index >= 15 is 0 Å². The summed E-state index contributed by atoms with van der Waals surface area (Å²) in [7, 11) is 5.09. The molecule has 1 saturated heterocycles. The molecule has 8 heteroatoms. The van der Waals surface area contributed by atoms with Gasteiger partial charge >= 0.3 is 0 Å². The lowest BCUT2D eigenvalue weighted by molar-refractivity contribution is -0.133. The molecule has 1 aliphatic rings. The number of hydrogen-bond acceptors (Lipinski definition) is 5. The Bertz CT molecular complexity index is 1160. The molecule has 0 radical (unpaired) electrons. The van der Waals surface area contributed by atoms with Crippen LogP contribution in [-0.4, -0.2) is 78.0 Å². The predicted molar refractivity (Wildman–Crippen MR) is 131 cm³/mol. The van der Waals surface area contributed by atoms with Crippen molar-refractivity contribution in [3.63, 3.8) is 0 Å². The molecular formula is C26H31N5O3. The zero-order valence-electron chi connectivity index (χ0n) is 20.1. The summed E-state index contributed by atoms with van der Waals surface area (Å²) < 4.78 is 7.27. The van der Waals surface area contributed by atoms with Crippen molar-refractivity contribution in [3.8, 4) is 5.75 Å². The van der Waals surface area contributed by atoms with Crippen molar-refractivity contribution in [2.75, 3.05) is 45.7 Å². The number of amides is 2. The molecule has 3 aromatic rings. The van der Waals surface area contributed by atoms with Crippen LogP contribution in [0.3, 0.4) is 0 Å². The van der Waals surface area contributed by atoms with Gasteiger partial charge in [0.2, 0.25) is 5.91 Å². The molecule has 0 N–H and O–H groups in total. The summed E-state index contributed by atoms with van der Waals surface area (Å²) in [4.78, 5) is 36.7. The molecule has 0 saturated carbocycles. The van der Waals surface area contributed by atoms with Crippen molar-refractivity contribution >= 4 is 17.5 Å². The van der Waals surface area contributed by atoms with E-state index in [2.05, 4.69) is 9.88 Å². The average molecular weight is 462 g/mol. The minimum Gasteiger partial charge on any atom is -0.497 e. The minimum absolute atomic E-state index is 0.0884. The number of anilines is 1. The number of imidazole rings is 1. The molecule has 34 heavy (non-hydrogen) atoms. The number of nitrogens with zero attached hydrogens (tertiary/aromatic N) is 5. The third kappa shape index (κ3) is 4.76. The third-order valence-electron chi connectivity index (χ3n) is 6.32. The Morgan fingerprint density at radius 3 is 2.47 bits per heavy atom. The number of rotatable bonds is 6. The highest BCUT2D eigenvalue weighted by molar-refractivity contribution is 5.99. The Morgan fingerprint density at radius 1 is 1.09 bits per heavy atom. The van der Waals surface area contributed by atoms with E-state index in [0.29, 0.717) is 31.7 Å². The van der Waals surface area contributed by atoms with Crippen LogP contribution in [0.4, 0.5) is 5.69 Å². The summed E-state index contributed by atoms with van der Waals surface area (Å²) in [6.07, 6.45) is 3.66. The second kappa shape index (κ2) is 9.99. The molecule has 0 spiro atoms. The Balaban J connectivity index is 1.61. The number of benzene rings is 2. The number of hydrogen-bond donors (Lipinski definition) is 0. The van der Waals surface area contributed by atoms with E-state index in [1.807, 2.05) is 66.2 Å². The topological polar surface area (TPSA) is 70.9 Å². The molecule has 0 bridgehead atoms. The van der Waals surface area contributed by atoms with Crippen molar-refractivity contribution in [2.45, 2.75) is 19.5 Å². The molecule has 2 amide bonds. The summed E-state index contributed by atoms with van der Waals surface area (Å²) in [5, 5.41) is 0. The van der Waals surface area contributed by atoms with Crippen molar-refractivity contribution < 1.29 is 14.3 Å². The number of ether oxygens (including phenoxy) is 1. The lowest BCUT2D eigenvalue weighted by Gasteiger charge is -2.42. The van der Waals surface area contributed by atoms with Crippen molar-refractivity contribution in [1.29, 1.82) is 0 Å². The first kappa shape index (κ1) is 23.4. The van der Waals surface area contributed by atoms with E-state index in [4.69, 9.17) is 4.74 Å². The minimum atomic E-state index is -0.582. The van der Waals surface area contributed by atoms with Gasteiger partial charge in [0.05, 0.1) is 7.11 Å². The van der Waals surface area contributed by atoms with Crippen LogP contribution < -0.4 is 9.64 Å². The molecule has 1 unspecified atom stereocenters. The summed E-state index contributed by atoms with van der Waals surface area (Å²) in [5.74, 6) is 1.46. The van der Waals surface area contributed by atoms with Crippen molar-refractivity contribution in [2.24, 2.45) is 0 Å². The number of carbonyl (C=O) groups is 2. The van der Waals surface area contributed by atoms with Crippen LogP contribution in [0, 0.1) is 6.92 Å². The van der Waals surface area contributed by atoms with Gasteiger partial charge in [0, 0.05) is 63.9 Å². The number of aryl methyl sites for hydroxylation is 1. The van der Waals surface area contributed by atoms with Crippen molar-refractivity contribution in [1.82, 2.24) is 19.4 Å². The molecule has 2 heterocycles. The highest BCUT2D eigenvalue weighted by Gasteiger charge is 2.37. The van der Waals surface area contributed by atoms with Crippen molar-refractivity contribution in [3.05, 3.63) is 77.9 Å². The third-order valence-corrected chi connectivity index (χ3v) is 6.32. The van der Waals surface area contributed by atoms with Gasteiger partial charge in [-0.25, -0.2) is 4.98 Å². The van der Waals surface area contributed by atoms with Gasteiger partial charge in [-0.3, -0.25) is 9.59 Å². The van der Waals surface area contributed by atoms with E-state index in [9.17, 15) is 9.59 Å². The van der Waals surface area contributed by atoms with Crippen LogP contribution in [0.25, 0.3) is 0 Å². The summed E-state index contributed by atoms with van der Waals surface area (Å²) in [5.41, 5.74) is 2.52. The molecule has 1 aliphatic heterocycles. The maximum Gasteiger partial charge on any atom is 0.255 e. The Kier molecular flexibility index (Phi) is 6.86. The first-order chi connectivity index (χ1) is 16.4. The maximum atomic E-state index is 13.8. The molecule has 1 fully saturated rings. The molecule has 8 nitrogen and oxygen atoms in total. The first-order valence-electron chi connectivity index (χ1n) is 11.4. The van der Waals surface area contributed by atoms with E-state index in [-0.39, 0.29) is 11.8 Å². The molecule has 1 atom stereocenters. The monoisotopic (exact) mass is 461 g/mol. The van der Waals surface area contributed by atoms with Crippen LogP contribution >= 0.6 is 0 Å². The number of aromatic nitrogens is 2. The van der Waals surface area contributed by atoms with E-state index in [1.165, 1.54) is 0 Å². The second-order valence-electron chi connectivity index (χ2n) is 8.65. The highest BCUT2D eigenvalue weighted by atomic mass is 16.5. The van der Waals surface area contributed by atoms with Gasteiger partial charge in [-0.05, 0) is 42.8 Å². The van der Waals surface area contributed by atoms with Gasteiger partial charge in [0.1, 0.15) is 17.6 Å². The summed E-state index contributed by atoms with van der Waals surface area (Å²) >= 11 is 0. The fourth-order valence-corrected chi connectivity index (χ4v) is 4.34. The lowest BCUT2D eigenvalue weighted by atomic mass is 10.0. The van der Waals surface area contributed by atoms with Gasteiger partial charge in [-0.2, -0.15) is 0 Å². The largest absolute Gasteiger partial charge is 0.497 e. The van der Waals surface area contributed by atoms with Crippen LogP contribution in [0.15, 0.2) is 60.9 Å². The zero-order chi connectivity index (χ0) is 24.2. The molecule has 4 rings (SSSR count). The van der Waals surface area contributed by atoms with Gasteiger partial charge in [0.15, 0.2) is 0 Å². The number of methoxy groups -OCH3 is 1. The Morgan fingerprint density at radius 2 is 1.82 bits per heavy atom. The molecule has 178 valence electrons. The van der Waals surface area contributed by atoms with Crippen LogP contribution in [0.2, 0.25) is 0 Å². The van der Waals surface area contributed by atoms with E-state index < -0.39 is 6.04 Å². The summed E-state index contributed by atoms with van der Waals surface area (Å²) in [6.45, 7) is 4.00. The lowest BCUT2D eigenvalue weighted by Crippen LogP contribution is -2.60. The summed E-state index contributed by atoms with van der Waals surface area (Å²) in [6, 6.07) is 14.8. The van der Waals surface area contributed by atoms with Gasteiger partial charge in [-0.15, -0.1) is 0 Å². The fraction of sp³-hybridized carbons (Fsp3) is 0.346. The first-order valence-corrected chi connectivity index (χ1v) is 11.4. The SMILES string of the molecule is COc1ccc(N2CCN(C(=O)c3ccccc3Cn3ccnc3C)C(C(=O)N(C)C)C2)cc1. The smallest absolute Gasteiger partial charge is 0.255 e. The van der Waals surface area contributed by atoms with Gasteiger partial charge in [-0.1, -0.05) is 18.2 Å². The predicted octanol–water partition coefficient (Wildman–Crippen LogP) is 2.67. The Hall–Kier alpha value is -3.81. The maximum absolute atomic E-state index is 13.8. The molecular weight excluding hydrogens is 430 g/mol. The molecule has 1 aromatic heterocycles. The van der Waals surface area contributed by atoms with Crippen LogP contribution in [0.1, 0.15) is 21.7 Å². The standard InChI is InChI=1S/C26H31N5O3/c1-19-27-13-14-29(19)17-20-7-5-6-8-23(20)25(32)31-16-15-30(18-24(31)26(33)28(2)3)21-9-11-22(34-4)12-10-21/h5-14,24H,15-18H2,1-4H3.